The first-order chi connectivity index (χ1) is 13.8. The Kier molecular flexibility index (Phi) is 6.92. The van der Waals surface area contributed by atoms with Crippen molar-refractivity contribution in [2.24, 2.45) is 10.9 Å². The minimum absolute atomic E-state index is 0.0634. The van der Waals surface area contributed by atoms with Crippen LogP contribution in [0.1, 0.15) is 20.3 Å². The molecule has 2 amide bonds. The second-order valence-electron chi connectivity index (χ2n) is 7.05. The predicted molar refractivity (Wildman–Crippen MR) is 116 cm³/mol. The number of nitrogens with one attached hydrogen (secondary N) is 1. The molecule has 1 heterocycles. The van der Waals surface area contributed by atoms with E-state index in [1.807, 2.05) is 13.8 Å². The van der Waals surface area contributed by atoms with Gasteiger partial charge in [-0.25, -0.2) is 9.38 Å². The molecule has 29 heavy (non-hydrogen) atoms. The molecule has 0 saturated carbocycles. The Morgan fingerprint density at radius 1 is 1.24 bits per heavy atom. The van der Waals surface area contributed by atoms with Crippen molar-refractivity contribution in [2.75, 3.05) is 11.9 Å². The summed E-state index contributed by atoms with van der Waals surface area (Å²) in [4.78, 5) is 31.5. The molecule has 1 fully saturated rings. The van der Waals surface area contributed by atoms with E-state index in [2.05, 4.69) is 10.3 Å². The number of thioether (sulfide) groups is 1. The van der Waals surface area contributed by atoms with Crippen LogP contribution in [-0.2, 0) is 9.59 Å². The third-order valence-corrected chi connectivity index (χ3v) is 5.57. The molecule has 0 radical (unpaired) electrons. The van der Waals surface area contributed by atoms with Crippen LogP contribution >= 0.6 is 23.4 Å². The Hall–Kier alpha value is -2.38. The lowest BCUT2D eigenvalue weighted by Crippen LogP contribution is -2.36. The monoisotopic (exact) mass is 433 g/mol. The standard InChI is InChI=1S/C21H21ClFN3O2S/c1-13(2)12-26-20(28)18(11-19(27)25-17-6-4-3-5-16(17)23)29-21(26)24-15-9-7-14(22)8-10-15/h3-10,13,18H,11-12H2,1-2H3,(H,25,27)/t18-/m1/s1. The maximum absolute atomic E-state index is 13.8. The van der Waals surface area contributed by atoms with Crippen molar-refractivity contribution < 1.29 is 14.0 Å². The van der Waals surface area contributed by atoms with Crippen LogP contribution in [0.4, 0.5) is 15.8 Å². The van der Waals surface area contributed by atoms with E-state index in [-0.39, 0.29) is 23.9 Å². The van der Waals surface area contributed by atoms with Gasteiger partial charge >= 0.3 is 0 Å². The van der Waals surface area contributed by atoms with Gasteiger partial charge in [0.25, 0.3) is 0 Å². The van der Waals surface area contributed by atoms with Crippen LogP contribution in [0.15, 0.2) is 53.5 Å². The lowest BCUT2D eigenvalue weighted by atomic mass is 10.2. The molecule has 8 heteroatoms. The number of para-hydroxylation sites is 1. The number of carbonyl (C=O) groups is 2. The van der Waals surface area contributed by atoms with Crippen LogP contribution in [0.25, 0.3) is 0 Å². The molecule has 152 valence electrons. The first-order valence-electron chi connectivity index (χ1n) is 9.20. The van der Waals surface area contributed by atoms with E-state index in [1.54, 1.807) is 41.3 Å². The van der Waals surface area contributed by atoms with Crippen LogP contribution in [0, 0.1) is 11.7 Å². The fourth-order valence-electron chi connectivity index (χ4n) is 2.82. The Balaban J connectivity index is 1.76. The van der Waals surface area contributed by atoms with Gasteiger partial charge in [0.1, 0.15) is 11.1 Å². The molecule has 1 atom stereocenters. The Morgan fingerprint density at radius 3 is 2.59 bits per heavy atom. The molecule has 2 aromatic carbocycles. The SMILES string of the molecule is CC(C)CN1C(=O)[C@@H](CC(=O)Nc2ccccc2F)SC1=Nc1ccc(Cl)cc1. The largest absolute Gasteiger partial charge is 0.324 e. The normalized spacial score (nSPS) is 18.0. The summed E-state index contributed by atoms with van der Waals surface area (Å²) in [6.07, 6.45) is -0.0634. The number of nitrogens with zero attached hydrogens (tertiary/aromatic N) is 2. The van der Waals surface area contributed by atoms with Crippen molar-refractivity contribution in [1.29, 1.82) is 0 Å². The van der Waals surface area contributed by atoms with Gasteiger partial charge in [-0.2, -0.15) is 0 Å². The van der Waals surface area contributed by atoms with Crippen LogP contribution in [0.5, 0.6) is 0 Å². The van der Waals surface area contributed by atoms with Gasteiger partial charge in [0, 0.05) is 18.0 Å². The summed E-state index contributed by atoms with van der Waals surface area (Å²) in [5.41, 5.74) is 0.775. The highest BCUT2D eigenvalue weighted by molar-refractivity contribution is 8.15. The van der Waals surface area contributed by atoms with E-state index in [9.17, 15) is 14.0 Å². The van der Waals surface area contributed by atoms with E-state index in [0.717, 1.165) is 0 Å². The van der Waals surface area contributed by atoms with Crippen LogP contribution in [-0.4, -0.2) is 33.7 Å². The topological polar surface area (TPSA) is 61.8 Å². The van der Waals surface area contributed by atoms with E-state index >= 15 is 0 Å². The maximum Gasteiger partial charge on any atom is 0.242 e. The molecule has 1 aliphatic rings. The highest BCUT2D eigenvalue weighted by atomic mass is 35.5. The molecule has 0 bridgehead atoms. The molecule has 0 aliphatic carbocycles. The van der Waals surface area contributed by atoms with Crippen LogP contribution < -0.4 is 5.32 Å². The molecule has 0 spiro atoms. The smallest absolute Gasteiger partial charge is 0.242 e. The second kappa shape index (κ2) is 9.41. The number of anilines is 1. The van der Waals surface area contributed by atoms with Gasteiger partial charge in [-0.15, -0.1) is 0 Å². The first kappa shape index (κ1) is 21.3. The average Bonchev–Trinajstić information content (AvgIpc) is 2.94. The predicted octanol–water partition coefficient (Wildman–Crippen LogP) is 5.10. The average molecular weight is 434 g/mol. The molecule has 1 saturated heterocycles. The summed E-state index contributed by atoms with van der Waals surface area (Å²) in [6.45, 7) is 4.52. The summed E-state index contributed by atoms with van der Waals surface area (Å²) in [7, 11) is 0. The summed E-state index contributed by atoms with van der Waals surface area (Å²) in [5, 5.41) is 3.08. The molecular weight excluding hydrogens is 413 g/mol. The Labute approximate surface area is 178 Å². The minimum Gasteiger partial charge on any atom is -0.324 e. The van der Waals surface area contributed by atoms with Gasteiger partial charge in [-0.05, 0) is 42.3 Å². The fourth-order valence-corrected chi connectivity index (χ4v) is 4.11. The zero-order valence-electron chi connectivity index (χ0n) is 16.1. The maximum atomic E-state index is 13.8. The van der Waals surface area contributed by atoms with Gasteiger partial charge in [0.15, 0.2) is 5.17 Å². The first-order valence-corrected chi connectivity index (χ1v) is 10.5. The van der Waals surface area contributed by atoms with Crippen molar-refractivity contribution in [2.45, 2.75) is 25.5 Å². The van der Waals surface area contributed by atoms with E-state index < -0.39 is 17.0 Å². The van der Waals surface area contributed by atoms with E-state index in [4.69, 9.17) is 11.6 Å². The number of rotatable bonds is 6. The summed E-state index contributed by atoms with van der Waals surface area (Å²) < 4.78 is 13.8. The zero-order chi connectivity index (χ0) is 21.0. The number of carbonyl (C=O) groups excluding carboxylic acids is 2. The molecular formula is C21H21ClFN3O2S. The van der Waals surface area contributed by atoms with Crippen LogP contribution in [0.3, 0.4) is 0 Å². The lowest BCUT2D eigenvalue weighted by Gasteiger charge is -2.18. The highest BCUT2D eigenvalue weighted by Crippen LogP contribution is 2.32. The molecule has 1 N–H and O–H groups in total. The van der Waals surface area contributed by atoms with Crippen molar-refractivity contribution in [1.82, 2.24) is 4.90 Å². The zero-order valence-corrected chi connectivity index (χ0v) is 17.6. The second-order valence-corrected chi connectivity index (χ2v) is 8.66. The van der Waals surface area contributed by atoms with Gasteiger partial charge in [-0.1, -0.05) is 49.3 Å². The van der Waals surface area contributed by atoms with E-state index in [1.165, 1.54) is 23.9 Å². The van der Waals surface area contributed by atoms with E-state index in [0.29, 0.717) is 22.4 Å². The minimum atomic E-state index is -0.605. The third kappa shape index (κ3) is 5.58. The summed E-state index contributed by atoms with van der Waals surface area (Å²) in [6, 6.07) is 12.9. The number of halogens is 2. The van der Waals surface area contributed by atoms with Crippen molar-refractivity contribution in [3.63, 3.8) is 0 Å². The molecule has 0 unspecified atom stereocenters. The van der Waals surface area contributed by atoms with Crippen molar-refractivity contribution >= 4 is 51.7 Å². The number of hydrogen-bond donors (Lipinski definition) is 1. The van der Waals surface area contributed by atoms with Gasteiger partial charge in [-0.3, -0.25) is 14.5 Å². The fraction of sp³-hybridized carbons (Fsp3) is 0.286. The molecule has 0 aromatic heterocycles. The molecule has 2 aromatic rings. The molecule has 1 aliphatic heterocycles. The Morgan fingerprint density at radius 2 is 1.93 bits per heavy atom. The quantitative estimate of drug-likeness (QED) is 0.689. The van der Waals surface area contributed by atoms with Gasteiger partial charge in [0.2, 0.25) is 11.8 Å². The van der Waals surface area contributed by atoms with Crippen molar-refractivity contribution in [3.05, 3.63) is 59.4 Å². The number of hydrogen-bond acceptors (Lipinski definition) is 4. The number of amides is 2. The van der Waals surface area contributed by atoms with Crippen molar-refractivity contribution in [3.8, 4) is 0 Å². The third-order valence-electron chi connectivity index (χ3n) is 4.14. The van der Waals surface area contributed by atoms with Crippen LogP contribution in [0.2, 0.25) is 5.02 Å². The Bertz CT molecular complexity index is 934. The summed E-state index contributed by atoms with van der Waals surface area (Å²) in [5.74, 6) is -0.864. The summed E-state index contributed by atoms with van der Waals surface area (Å²) >= 11 is 7.17. The van der Waals surface area contributed by atoms with Gasteiger partial charge < -0.3 is 5.32 Å². The lowest BCUT2D eigenvalue weighted by molar-refractivity contribution is -0.128. The highest BCUT2D eigenvalue weighted by Gasteiger charge is 2.39. The number of aliphatic imine (C=N–C) groups is 1. The van der Waals surface area contributed by atoms with Gasteiger partial charge in [0.05, 0.1) is 11.4 Å². The molecule has 3 rings (SSSR count). The number of benzene rings is 2. The molecule has 5 nitrogen and oxygen atoms in total. The number of amidine groups is 1.